The lowest BCUT2D eigenvalue weighted by Crippen LogP contribution is -2.30. The van der Waals surface area contributed by atoms with Crippen LogP contribution in [0.5, 0.6) is 0 Å². The predicted octanol–water partition coefficient (Wildman–Crippen LogP) is 23.2. The fraction of sp³-hybridized carbons (Fsp3) is 0.790. The molecule has 0 heterocycles. The van der Waals surface area contributed by atoms with Gasteiger partial charge in [0.2, 0.25) is 0 Å². The highest BCUT2D eigenvalue weighted by Crippen LogP contribution is 2.45. The average molecular weight is 1440 g/mol. The Labute approximate surface area is 604 Å². The van der Waals surface area contributed by atoms with Gasteiger partial charge in [0.15, 0.2) is 6.10 Å². The monoisotopic (exact) mass is 1440 g/mol. The molecule has 0 fully saturated rings. The van der Waals surface area contributed by atoms with Gasteiger partial charge in [-0.15, -0.1) is 0 Å². The molecule has 0 spiro atoms. The number of rotatable bonds is 76. The van der Waals surface area contributed by atoms with Gasteiger partial charge in [-0.2, -0.15) is 0 Å². The van der Waals surface area contributed by atoms with E-state index in [4.69, 9.17) is 32.3 Å². The number of esters is 3. The quantitative estimate of drug-likeness (QED) is 0.0146. The third kappa shape index (κ3) is 75.7. The number of allylic oxidation sites excluding steroid dienone is 14. The Kier molecular flexibility index (Phi) is 72.0. The molecule has 0 radical (unpaired) electrons. The minimum Gasteiger partial charge on any atom is -0.463 e. The smallest absolute Gasteiger partial charge is 0.463 e. The van der Waals surface area contributed by atoms with E-state index >= 15 is 0 Å². The fourth-order valence-corrected chi connectivity index (χ4v) is 12.6. The zero-order valence-corrected chi connectivity index (χ0v) is 64.7. The van der Waals surface area contributed by atoms with Crippen LogP contribution in [0.3, 0.4) is 0 Å². The SMILES string of the molecule is CC/C=C\C/C=C\C/C=C\CCCCCCCC(=O)OCC(COP(=O)(O)OCC(O)COP(=O)(O)OCC(O)COC(=O)CCCCCCCCCCCCCCCCCCC/C=C\C/C=C\C/C=C\C/C=C\CCCCC)OC(=O)CCCCCCCCCCCCCCCCC. The van der Waals surface area contributed by atoms with Crippen molar-refractivity contribution in [2.75, 3.05) is 39.6 Å². The summed E-state index contributed by atoms with van der Waals surface area (Å²) in [6.07, 6.45) is 83.7. The van der Waals surface area contributed by atoms with Crippen molar-refractivity contribution in [3.05, 3.63) is 85.1 Å². The van der Waals surface area contributed by atoms with E-state index in [1.165, 1.54) is 180 Å². The van der Waals surface area contributed by atoms with Crippen LogP contribution in [0, 0.1) is 0 Å². The molecular formula is C81H146O16P2. The fourth-order valence-electron chi connectivity index (χ4n) is 11.0. The van der Waals surface area contributed by atoms with Crippen molar-refractivity contribution < 1.29 is 75.8 Å². The molecule has 0 aromatic heterocycles. The zero-order chi connectivity index (χ0) is 72.3. The van der Waals surface area contributed by atoms with Gasteiger partial charge in [0.25, 0.3) is 0 Å². The first-order chi connectivity index (χ1) is 48.2. The second-order valence-electron chi connectivity index (χ2n) is 26.8. The Morgan fingerprint density at radius 3 is 0.869 bits per heavy atom. The van der Waals surface area contributed by atoms with E-state index in [-0.39, 0.29) is 19.3 Å². The lowest BCUT2D eigenvalue weighted by molar-refractivity contribution is -0.161. The first-order valence-electron chi connectivity index (χ1n) is 39.9. The third-order valence-electron chi connectivity index (χ3n) is 17.1. The molecule has 5 atom stereocenters. The third-order valence-corrected chi connectivity index (χ3v) is 19.0. The summed E-state index contributed by atoms with van der Waals surface area (Å²) >= 11 is 0. The van der Waals surface area contributed by atoms with E-state index in [0.717, 1.165) is 116 Å². The van der Waals surface area contributed by atoms with Gasteiger partial charge in [0, 0.05) is 19.3 Å². The number of ether oxygens (including phenoxy) is 3. The normalized spacial score (nSPS) is 14.5. The number of carbonyl (C=O) groups excluding carboxylic acids is 3. The maximum absolute atomic E-state index is 12.9. The molecule has 0 rings (SSSR count). The molecule has 99 heavy (non-hydrogen) atoms. The average Bonchev–Trinajstić information content (AvgIpc) is 2.42. The molecule has 576 valence electrons. The number of aliphatic hydroxyl groups excluding tert-OH is 2. The van der Waals surface area contributed by atoms with Gasteiger partial charge >= 0.3 is 33.6 Å². The Bertz CT molecular complexity index is 2140. The van der Waals surface area contributed by atoms with Crippen molar-refractivity contribution in [3.63, 3.8) is 0 Å². The maximum Gasteiger partial charge on any atom is 0.472 e. The summed E-state index contributed by atoms with van der Waals surface area (Å²) in [5.41, 5.74) is 0. The van der Waals surface area contributed by atoms with Gasteiger partial charge in [0.05, 0.1) is 26.4 Å². The van der Waals surface area contributed by atoms with Crippen LogP contribution in [0.2, 0.25) is 0 Å². The molecule has 4 N–H and O–H groups in total. The van der Waals surface area contributed by atoms with Crippen LogP contribution in [-0.2, 0) is 55.8 Å². The highest BCUT2D eigenvalue weighted by Gasteiger charge is 2.29. The van der Waals surface area contributed by atoms with E-state index in [1.54, 1.807) is 0 Å². The van der Waals surface area contributed by atoms with Crippen molar-refractivity contribution in [1.29, 1.82) is 0 Å². The van der Waals surface area contributed by atoms with E-state index < -0.39 is 91.5 Å². The number of hydrogen-bond donors (Lipinski definition) is 4. The molecule has 0 saturated carbocycles. The summed E-state index contributed by atoms with van der Waals surface area (Å²) in [5, 5.41) is 20.6. The van der Waals surface area contributed by atoms with Crippen LogP contribution in [0.25, 0.3) is 0 Å². The first kappa shape index (κ1) is 95.7. The van der Waals surface area contributed by atoms with Crippen molar-refractivity contribution in [2.24, 2.45) is 0 Å². The van der Waals surface area contributed by atoms with Crippen LogP contribution in [0.1, 0.15) is 355 Å². The summed E-state index contributed by atoms with van der Waals surface area (Å²) in [7, 11) is -9.78. The van der Waals surface area contributed by atoms with Crippen LogP contribution in [0.15, 0.2) is 85.1 Å². The molecule has 0 aliphatic carbocycles. The van der Waals surface area contributed by atoms with Crippen molar-refractivity contribution in [3.8, 4) is 0 Å². The number of aliphatic hydroxyl groups is 2. The second kappa shape index (κ2) is 74.4. The van der Waals surface area contributed by atoms with Gasteiger partial charge in [-0.1, -0.05) is 324 Å². The molecule has 0 aliphatic heterocycles. The summed E-state index contributed by atoms with van der Waals surface area (Å²) in [5.74, 6) is -1.58. The first-order valence-corrected chi connectivity index (χ1v) is 42.9. The Balaban J connectivity index is 4.37. The molecule has 5 unspecified atom stereocenters. The lowest BCUT2D eigenvalue weighted by atomic mass is 10.0. The van der Waals surface area contributed by atoms with Crippen molar-refractivity contribution >= 4 is 33.6 Å². The number of hydrogen-bond acceptors (Lipinski definition) is 14. The van der Waals surface area contributed by atoms with Crippen LogP contribution >= 0.6 is 15.6 Å². The Hall–Kier alpha value is -3.27. The topological polar surface area (TPSA) is 231 Å². The van der Waals surface area contributed by atoms with Gasteiger partial charge in [0.1, 0.15) is 25.4 Å². The van der Waals surface area contributed by atoms with Crippen molar-refractivity contribution in [1.82, 2.24) is 0 Å². The number of carbonyl (C=O) groups is 3. The van der Waals surface area contributed by atoms with E-state index in [2.05, 4.69) is 106 Å². The van der Waals surface area contributed by atoms with Gasteiger partial charge in [-0.05, 0) is 96.3 Å². The molecule has 0 aromatic rings. The molecular weight excluding hydrogens is 1290 g/mol. The lowest BCUT2D eigenvalue weighted by Gasteiger charge is -2.21. The van der Waals surface area contributed by atoms with Gasteiger partial charge in [-0.3, -0.25) is 32.5 Å². The Morgan fingerprint density at radius 2 is 0.535 bits per heavy atom. The highest BCUT2D eigenvalue weighted by molar-refractivity contribution is 7.47. The summed E-state index contributed by atoms with van der Waals surface area (Å²) in [6.45, 7) is 2.57. The predicted molar refractivity (Wildman–Crippen MR) is 408 cm³/mol. The number of unbranched alkanes of at least 4 members (excludes halogenated alkanes) is 39. The molecule has 18 heteroatoms. The zero-order valence-electron chi connectivity index (χ0n) is 62.9. The maximum atomic E-state index is 12.9. The summed E-state index contributed by atoms with van der Waals surface area (Å²) in [6, 6.07) is 0. The van der Waals surface area contributed by atoms with Crippen molar-refractivity contribution in [2.45, 2.75) is 373 Å². The van der Waals surface area contributed by atoms with Crippen LogP contribution in [-0.4, -0.2) is 95.9 Å². The number of phosphoric acid groups is 2. The summed E-state index contributed by atoms with van der Waals surface area (Å²) < 4.78 is 61.1. The second-order valence-corrected chi connectivity index (χ2v) is 29.8. The van der Waals surface area contributed by atoms with Gasteiger partial charge in [-0.25, -0.2) is 9.13 Å². The molecule has 16 nitrogen and oxygen atoms in total. The number of phosphoric ester groups is 2. The van der Waals surface area contributed by atoms with Crippen LogP contribution < -0.4 is 0 Å². The van der Waals surface area contributed by atoms with E-state index in [9.17, 15) is 43.5 Å². The van der Waals surface area contributed by atoms with Crippen LogP contribution in [0.4, 0.5) is 0 Å². The van der Waals surface area contributed by atoms with E-state index in [0.29, 0.717) is 19.3 Å². The molecule has 0 bridgehead atoms. The minimum atomic E-state index is -4.93. The highest BCUT2D eigenvalue weighted by atomic mass is 31.2. The molecule has 0 aliphatic rings. The molecule has 0 amide bonds. The largest absolute Gasteiger partial charge is 0.472 e. The summed E-state index contributed by atoms with van der Waals surface area (Å²) in [4.78, 5) is 58.5. The minimum absolute atomic E-state index is 0.106. The molecule has 0 saturated heterocycles. The molecule has 0 aromatic carbocycles. The van der Waals surface area contributed by atoms with E-state index in [1.807, 2.05) is 0 Å². The standard InChI is InChI=1S/C81H146O16P2/c1-4-7-10-13-16-19-22-25-28-29-30-31-32-33-34-35-36-37-38-39-40-41-42-43-44-45-48-50-52-55-58-61-64-67-79(84)91-70-76(82)71-93-98(87,88)94-72-77(83)73-95-99(89,90)96-75-78(97-81(86)69-66-63-60-57-54-51-47-27-24-21-18-15-12-9-6-3)74-92-80(85)68-65-62-59-56-53-49-46-26-23-20-17-14-11-8-5-2/h8,11,16-17,19-20,25-26,28,30-31,33-34,46,76-78,82-83H,4-7,9-10,12-15,18,21-24,27,29,32,35-45,47-75H2,1-3H3,(H,87,88)(H,89,90)/b11-8-,19-16-,20-17-,28-25-,31-30-,34-33-,46-26-. The Morgan fingerprint density at radius 1 is 0.293 bits per heavy atom. The van der Waals surface area contributed by atoms with Gasteiger partial charge < -0.3 is 34.2 Å².